The number of fused-ring (bicyclic) bond motifs is 7. The Morgan fingerprint density at radius 2 is 1.75 bits per heavy atom. The zero-order valence-corrected chi connectivity index (χ0v) is 26.1. The monoisotopic (exact) mass is 557 g/mol. The Morgan fingerprint density at radius 1 is 0.975 bits per heavy atom. The van der Waals surface area contributed by atoms with Gasteiger partial charge >= 0.3 is 0 Å². The number of rotatable bonds is 8. The summed E-state index contributed by atoms with van der Waals surface area (Å²) in [5.41, 5.74) is 0.911. The van der Waals surface area contributed by atoms with Crippen LogP contribution < -0.4 is 5.32 Å². The molecule has 11 atom stereocenters. The van der Waals surface area contributed by atoms with E-state index >= 15 is 0 Å². The summed E-state index contributed by atoms with van der Waals surface area (Å²) in [7, 11) is 2.19. The van der Waals surface area contributed by atoms with E-state index < -0.39 is 0 Å². The number of carbonyl (C=O) groups is 1. The molecule has 2 heterocycles. The molecule has 0 radical (unpaired) electrons. The second kappa shape index (κ2) is 11.8. The molecule has 6 nitrogen and oxygen atoms in total. The van der Waals surface area contributed by atoms with Crippen LogP contribution in [-0.2, 0) is 9.53 Å². The number of ether oxygens (including phenoxy) is 1. The highest BCUT2D eigenvalue weighted by Gasteiger charge is 2.64. The largest absolute Gasteiger partial charge is 0.396 e. The lowest BCUT2D eigenvalue weighted by Gasteiger charge is -2.61. The molecular weight excluding hydrogens is 498 g/mol. The van der Waals surface area contributed by atoms with Gasteiger partial charge in [-0.2, -0.15) is 0 Å². The van der Waals surface area contributed by atoms with Crippen molar-refractivity contribution in [1.29, 1.82) is 0 Å². The highest BCUT2D eigenvalue weighted by atomic mass is 16.5. The number of carbonyl (C=O) groups excluding carboxylic acids is 1. The number of piperazine rings is 1. The van der Waals surface area contributed by atoms with E-state index in [2.05, 4.69) is 42.9 Å². The van der Waals surface area contributed by atoms with Gasteiger partial charge in [-0.05, 0) is 124 Å². The maximum Gasteiger partial charge on any atom is 0.221 e. The predicted octanol–water partition coefficient (Wildman–Crippen LogP) is 4.94. The molecule has 3 unspecified atom stereocenters. The fourth-order valence-corrected chi connectivity index (χ4v) is 11.0. The van der Waals surface area contributed by atoms with E-state index in [1.165, 1.54) is 57.8 Å². The number of hydrogen-bond acceptors (Lipinski definition) is 5. The molecular formula is C34H59N3O3. The molecule has 1 amide bonds. The number of hydrogen-bond donors (Lipinski definition) is 2. The van der Waals surface area contributed by atoms with E-state index in [-0.39, 0.29) is 5.91 Å². The minimum absolute atomic E-state index is 0.274. The summed E-state index contributed by atoms with van der Waals surface area (Å²) >= 11 is 0. The molecule has 6 fully saturated rings. The minimum Gasteiger partial charge on any atom is -0.396 e. The molecule has 0 aromatic rings. The molecule has 6 aliphatic rings. The fraction of sp³-hybridized carbons (Fsp3) is 0.971. The zero-order valence-electron chi connectivity index (χ0n) is 26.1. The van der Waals surface area contributed by atoms with Crippen molar-refractivity contribution < 1.29 is 14.6 Å². The lowest BCUT2D eigenvalue weighted by molar-refractivity contribution is -0.127. The second-order valence-electron chi connectivity index (χ2n) is 15.9. The molecule has 40 heavy (non-hydrogen) atoms. The highest BCUT2D eigenvalue weighted by molar-refractivity contribution is 5.76. The SMILES string of the molecule is C[C@H](CO)CC[C@@H]1C[C@H]2C(CC3[C@@H]4CC[C@@H]5C[C@@H](NC(=O)CCN6CCN(C)CC6)CC[C@]5(C)C4CC[C@@]32C)O1. The normalized spacial score (nSPS) is 46.2. The minimum atomic E-state index is 0.274. The standard InChI is InChI=1S/C34H59N3O3/c1-23(22-38)5-7-26-20-30-31(40-26)21-29-27-8-6-24-19-25(9-12-33(24,2)28(27)10-13-34(29,30)3)35-32(39)11-14-37-17-15-36(4)16-18-37/h23-31,38H,5-22H2,1-4H3,(H,35,39)/t23-,24+,25-,26+,27+,28?,29?,30-,31?,33-,34-/m0/s1. The van der Waals surface area contributed by atoms with Crippen molar-refractivity contribution in [3.8, 4) is 0 Å². The third kappa shape index (κ3) is 5.53. The Labute approximate surface area is 244 Å². The lowest BCUT2D eigenvalue weighted by atomic mass is 9.44. The van der Waals surface area contributed by atoms with Crippen LogP contribution in [0.3, 0.4) is 0 Å². The van der Waals surface area contributed by atoms with E-state index in [1.54, 1.807) is 0 Å². The molecule has 6 rings (SSSR count). The summed E-state index contributed by atoms with van der Waals surface area (Å²) in [6.45, 7) is 13.1. The average molecular weight is 558 g/mol. The van der Waals surface area contributed by atoms with Crippen LogP contribution >= 0.6 is 0 Å². The summed E-state index contributed by atoms with van der Waals surface area (Å²) in [5.74, 6) is 4.75. The smallest absolute Gasteiger partial charge is 0.221 e. The van der Waals surface area contributed by atoms with Gasteiger partial charge in [0.15, 0.2) is 0 Å². The topological polar surface area (TPSA) is 65.0 Å². The Kier molecular flexibility index (Phi) is 8.65. The third-order valence-corrected chi connectivity index (χ3v) is 13.7. The predicted molar refractivity (Wildman–Crippen MR) is 160 cm³/mol. The van der Waals surface area contributed by atoms with Crippen LogP contribution in [0.15, 0.2) is 0 Å². The van der Waals surface area contributed by atoms with Crippen LogP contribution in [0.1, 0.15) is 97.8 Å². The molecule has 0 aromatic heterocycles. The van der Waals surface area contributed by atoms with Crippen LogP contribution in [0.2, 0.25) is 0 Å². The molecule has 6 heteroatoms. The number of nitrogens with one attached hydrogen (secondary N) is 1. The van der Waals surface area contributed by atoms with E-state index in [0.29, 0.717) is 48.0 Å². The van der Waals surface area contributed by atoms with Gasteiger partial charge in [0.25, 0.3) is 0 Å². The van der Waals surface area contributed by atoms with Gasteiger partial charge in [0.2, 0.25) is 5.91 Å². The van der Waals surface area contributed by atoms with E-state index in [4.69, 9.17) is 4.74 Å². The summed E-state index contributed by atoms with van der Waals surface area (Å²) in [4.78, 5) is 17.7. The van der Waals surface area contributed by atoms with Crippen molar-refractivity contribution in [2.24, 2.45) is 46.3 Å². The maximum absolute atomic E-state index is 12.9. The van der Waals surface area contributed by atoms with Crippen molar-refractivity contribution >= 4 is 5.91 Å². The summed E-state index contributed by atoms with van der Waals surface area (Å²) in [6.07, 6.45) is 15.5. The first-order chi connectivity index (χ1) is 19.2. The molecule has 0 bridgehead atoms. The summed E-state index contributed by atoms with van der Waals surface area (Å²) in [5, 5.41) is 12.9. The van der Waals surface area contributed by atoms with Gasteiger partial charge in [-0.3, -0.25) is 4.79 Å². The van der Waals surface area contributed by atoms with Gasteiger partial charge in [0, 0.05) is 51.8 Å². The Morgan fingerprint density at radius 3 is 2.52 bits per heavy atom. The first-order valence-electron chi connectivity index (χ1n) is 17.2. The Hall–Kier alpha value is -0.690. The van der Waals surface area contributed by atoms with Gasteiger partial charge in [-0.25, -0.2) is 0 Å². The van der Waals surface area contributed by atoms with Gasteiger partial charge in [0.05, 0.1) is 12.2 Å². The van der Waals surface area contributed by atoms with E-state index in [1.807, 2.05) is 0 Å². The molecule has 2 aliphatic heterocycles. The second-order valence-corrected chi connectivity index (χ2v) is 15.9. The number of aliphatic hydroxyl groups is 1. The van der Waals surface area contributed by atoms with Crippen molar-refractivity contribution in [2.75, 3.05) is 46.4 Å². The van der Waals surface area contributed by atoms with E-state index in [0.717, 1.165) is 75.2 Å². The number of nitrogens with zero attached hydrogens (tertiary/aromatic N) is 2. The van der Waals surface area contributed by atoms with Crippen molar-refractivity contribution in [1.82, 2.24) is 15.1 Å². The first-order valence-corrected chi connectivity index (χ1v) is 17.2. The molecule has 4 aliphatic carbocycles. The lowest BCUT2D eigenvalue weighted by Crippen LogP contribution is -2.55. The van der Waals surface area contributed by atoms with Crippen LogP contribution in [0.5, 0.6) is 0 Å². The van der Waals surface area contributed by atoms with Crippen molar-refractivity contribution in [3.63, 3.8) is 0 Å². The van der Waals surface area contributed by atoms with Crippen LogP contribution in [-0.4, -0.2) is 85.4 Å². The highest BCUT2D eigenvalue weighted by Crippen LogP contribution is 2.69. The first kappa shape index (κ1) is 29.4. The maximum atomic E-state index is 12.9. The average Bonchev–Trinajstić information content (AvgIpc) is 3.48. The van der Waals surface area contributed by atoms with Crippen LogP contribution in [0.4, 0.5) is 0 Å². The molecule has 0 spiro atoms. The van der Waals surface area contributed by atoms with Crippen molar-refractivity contribution in [3.05, 3.63) is 0 Å². The van der Waals surface area contributed by atoms with Gasteiger partial charge < -0.3 is 25.0 Å². The van der Waals surface area contributed by atoms with Crippen molar-refractivity contribution in [2.45, 2.75) is 116 Å². The number of likely N-dealkylation sites (N-methyl/N-ethyl adjacent to an activating group) is 1. The third-order valence-electron chi connectivity index (χ3n) is 13.7. The van der Waals surface area contributed by atoms with Gasteiger partial charge in [-0.1, -0.05) is 20.8 Å². The zero-order chi connectivity index (χ0) is 28.1. The number of amides is 1. The molecule has 2 saturated heterocycles. The van der Waals surface area contributed by atoms with E-state index in [9.17, 15) is 9.90 Å². The van der Waals surface area contributed by atoms with Gasteiger partial charge in [-0.15, -0.1) is 0 Å². The Balaban J connectivity index is 1.01. The van der Waals surface area contributed by atoms with Gasteiger partial charge in [0.1, 0.15) is 0 Å². The quantitative estimate of drug-likeness (QED) is 0.443. The molecule has 228 valence electrons. The van der Waals surface area contributed by atoms with Crippen LogP contribution in [0, 0.1) is 46.3 Å². The fourth-order valence-electron chi connectivity index (χ4n) is 11.0. The molecule has 2 N–H and O–H groups in total. The summed E-state index contributed by atoms with van der Waals surface area (Å²) < 4.78 is 6.74. The molecule has 4 saturated carbocycles. The number of aliphatic hydroxyl groups excluding tert-OH is 1. The molecule has 0 aromatic carbocycles. The van der Waals surface area contributed by atoms with Crippen LogP contribution in [0.25, 0.3) is 0 Å². The summed E-state index contributed by atoms with van der Waals surface area (Å²) in [6, 6.07) is 0.383. The Bertz CT molecular complexity index is 892.